The van der Waals surface area contributed by atoms with Crippen molar-refractivity contribution in [3.63, 3.8) is 0 Å². The van der Waals surface area contributed by atoms with E-state index in [1.165, 1.54) is 5.56 Å². The van der Waals surface area contributed by atoms with Gasteiger partial charge in [-0.2, -0.15) is 5.10 Å². The third-order valence-electron chi connectivity index (χ3n) is 4.21. The number of halogens is 1. The van der Waals surface area contributed by atoms with Gasteiger partial charge in [0.2, 0.25) is 0 Å². The van der Waals surface area contributed by atoms with Gasteiger partial charge in [-0.3, -0.25) is 9.67 Å². The highest BCUT2D eigenvalue weighted by Crippen LogP contribution is 2.28. The Morgan fingerprint density at radius 3 is 2.59 bits per heavy atom. The van der Waals surface area contributed by atoms with Gasteiger partial charge in [-0.1, -0.05) is 13.0 Å². The van der Waals surface area contributed by atoms with Crippen LogP contribution in [0.1, 0.15) is 26.3 Å². The number of hydrogen-bond donors (Lipinski definition) is 2. The fourth-order valence-electron chi connectivity index (χ4n) is 2.86. The lowest BCUT2D eigenvalue weighted by molar-refractivity contribution is 0.287. The number of nitrogens with zero attached hydrogens (tertiary/aromatic N) is 3. The number of hydrogen-bond acceptors (Lipinski definition) is 4. The minimum Gasteiger partial charge on any atom is -0.490 e. The summed E-state index contributed by atoms with van der Waals surface area (Å²) < 4.78 is 13.3. The smallest absolute Gasteiger partial charge is 0.190 e. The molecule has 0 fully saturated rings. The summed E-state index contributed by atoms with van der Waals surface area (Å²) in [6, 6.07) is 8.06. The number of nitrogens with one attached hydrogen (secondary N) is 2. The molecule has 0 aliphatic rings. The van der Waals surface area contributed by atoms with Crippen molar-refractivity contribution < 1.29 is 9.47 Å². The van der Waals surface area contributed by atoms with Crippen LogP contribution in [0.2, 0.25) is 0 Å². The van der Waals surface area contributed by atoms with E-state index in [0.29, 0.717) is 19.1 Å². The average molecular weight is 515 g/mol. The fourth-order valence-corrected chi connectivity index (χ4v) is 2.86. The van der Waals surface area contributed by atoms with Crippen LogP contribution in [-0.2, 0) is 13.0 Å². The molecule has 1 atom stereocenters. The molecule has 0 aliphatic heterocycles. The van der Waals surface area contributed by atoms with Crippen molar-refractivity contribution >= 4 is 29.9 Å². The lowest BCUT2D eigenvalue weighted by Crippen LogP contribution is -2.40. The minimum absolute atomic E-state index is 0. The second-order valence-electron chi connectivity index (χ2n) is 6.61. The van der Waals surface area contributed by atoms with Crippen LogP contribution in [0.3, 0.4) is 0 Å². The summed E-state index contributed by atoms with van der Waals surface area (Å²) >= 11 is 0. The lowest BCUT2D eigenvalue weighted by Gasteiger charge is -2.16. The van der Waals surface area contributed by atoms with Gasteiger partial charge in [0.15, 0.2) is 17.5 Å². The molecule has 0 spiro atoms. The molecule has 162 valence electrons. The largest absolute Gasteiger partial charge is 0.490 e. The predicted molar refractivity (Wildman–Crippen MR) is 129 cm³/mol. The first-order valence-corrected chi connectivity index (χ1v) is 9.96. The maximum Gasteiger partial charge on any atom is 0.190 e. The number of aliphatic imine (C=N–C) groups is 1. The van der Waals surface area contributed by atoms with E-state index in [9.17, 15) is 0 Å². The number of ether oxygens (including phenoxy) is 2. The van der Waals surface area contributed by atoms with E-state index < -0.39 is 0 Å². The number of aromatic nitrogens is 2. The molecule has 0 aliphatic carbocycles. The third-order valence-corrected chi connectivity index (χ3v) is 4.21. The summed E-state index contributed by atoms with van der Waals surface area (Å²) in [5, 5.41) is 11.0. The van der Waals surface area contributed by atoms with Crippen LogP contribution in [-0.4, -0.2) is 49.1 Å². The van der Waals surface area contributed by atoms with E-state index >= 15 is 0 Å². The third kappa shape index (κ3) is 8.93. The summed E-state index contributed by atoms with van der Waals surface area (Å²) in [6.45, 7) is 9.89. The van der Waals surface area contributed by atoms with Crippen LogP contribution in [0.15, 0.2) is 41.7 Å². The molecule has 0 amide bonds. The van der Waals surface area contributed by atoms with Crippen LogP contribution < -0.4 is 20.1 Å². The highest BCUT2D eigenvalue weighted by Gasteiger charge is 2.08. The topological polar surface area (TPSA) is 72.7 Å². The van der Waals surface area contributed by atoms with Crippen molar-refractivity contribution in [3.8, 4) is 11.5 Å². The summed E-state index contributed by atoms with van der Waals surface area (Å²) in [6.07, 6.45) is 4.66. The van der Waals surface area contributed by atoms with Crippen LogP contribution in [0.25, 0.3) is 0 Å². The first-order chi connectivity index (χ1) is 13.7. The molecule has 0 saturated heterocycles. The normalized spacial score (nSPS) is 12.1. The van der Waals surface area contributed by atoms with Crippen molar-refractivity contribution in [2.45, 2.75) is 33.7 Å². The zero-order chi connectivity index (χ0) is 20.2. The fraction of sp³-hybridized carbons (Fsp3) is 0.524. The standard InChI is InChI=1S/C21H33N5O2.HI/c1-5-27-19-9-8-18(14-20(19)28-6-2)10-12-23-21(22-4)24-15-17(3)16-26-13-7-11-25-26;/h7-9,11,13-14,17H,5-6,10,12,15-16H2,1-4H3,(H2,22,23,24);1H. The van der Waals surface area contributed by atoms with E-state index in [0.717, 1.165) is 43.5 Å². The second-order valence-corrected chi connectivity index (χ2v) is 6.61. The maximum atomic E-state index is 5.70. The van der Waals surface area contributed by atoms with Gasteiger partial charge in [0.1, 0.15) is 0 Å². The van der Waals surface area contributed by atoms with Crippen molar-refractivity contribution in [1.82, 2.24) is 20.4 Å². The van der Waals surface area contributed by atoms with E-state index in [1.54, 1.807) is 13.2 Å². The summed E-state index contributed by atoms with van der Waals surface area (Å²) in [5.74, 6) is 2.85. The Hall–Kier alpha value is -1.97. The lowest BCUT2D eigenvalue weighted by atomic mass is 10.1. The predicted octanol–water partition coefficient (Wildman–Crippen LogP) is 3.34. The van der Waals surface area contributed by atoms with Crippen molar-refractivity contribution in [2.24, 2.45) is 10.9 Å². The van der Waals surface area contributed by atoms with E-state index in [2.05, 4.69) is 39.8 Å². The Morgan fingerprint density at radius 1 is 1.17 bits per heavy atom. The molecule has 0 bridgehead atoms. The van der Waals surface area contributed by atoms with Crippen molar-refractivity contribution in [3.05, 3.63) is 42.2 Å². The Morgan fingerprint density at radius 2 is 1.93 bits per heavy atom. The molecule has 8 heteroatoms. The van der Waals surface area contributed by atoms with Gasteiger partial charge in [0.25, 0.3) is 0 Å². The maximum absolute atomic E-state index is 5.70. The average Bonchev–Trinajstić information content (AvgIpc) is 3.19. The van der Waals surface area contributed by atoms with Gasteiger partial charge in [0.05, 0.1) is 13.2 Å². The Kier molecular flexibility index (Phi) is 12.2. The molecular formula is C21H34IN5O2. The van der Waals surface area contributed by atoms with Crippen LogP contribution in [0.5, 0.6) is 11.5 Å². The summed E-state index contributed by atoms with van der Waals surface area (Å²) in [4.78, 5) is 4.30. The first-order valence-electron chi connectivity index (χ1n) is 9.96. The van der Waals surface area contributed by atoms with E-state index in [4.69, 9.17) is 9.47 Å². The van der Waals surface area contributed by atoms with E-state index in [1.807, 2.05) is 36.9 Å². The molecule has 2 rings (SSSR count). The molecule has 0 saturated carbocycles. The highest BCUT2D eigenvalue weighted by molar-refractivity contribution is 14.0. The quantitative estimate of drug-likeness (QED) is 0.273. The molecule has 1 unspecified atom stereocenters. The number of guanidine groups is 1. The molecule has 1 aromatic heterocycles. The van der Waals surface area contributed by atoms with Crippen molar-refractivity contribution in [1.29, 1.82) is 0 Å². The van der Waals surface area contributed by atoms with E-state index in [-0.39, 0.29) is 24.0 Å². The Balaban J connectivity index is 0.00000420. The van der Waals surface area contributed by atoms with Gasteiger partial charge < -0.3 is 20.1 Å². The summed E-state index contributed by atoms with van der Waals surface area (Å²) in [5.41, 5.74) is 1.20. The van der Waals surface area contributed by atoms with Gasteiger partial charge in [0, 0.05) is 39.1 Å². The zero-order valence-corrected chi connectivity index (χ0v) is 20.2. The van der Waals surface area contributed by atoms with Crippen LogP contribution in [0, 0.1) is 5.92 Å². The zero-order valence-electron chi connectivity index (χ0n) is 17.9. The molecule has 1 aromatic carbocycles. The monoisotopic (exact) mass is 515 g/mol. The van der Waals surface area contributed by atoms with Gasteiger partial charge in [-0.05, 0) is 49.9 Å². The molecule has 1 heterocycles. The van der Waals surface area contributed by atoms with Crippen LogP contribution >= 0.6 is 24.0 Å². The molecule has 0 radical (unpaired) electrons. The molecule has 29 heavy (non-hydrogen) atoms. The first kappa shape index (κ1) is 25.1. The SMILES string of the molecule is CCOc1ccc(CCNC(=NC)NCC(C)Cn2cccn2)cc1OCC.I. The number of benzene rings is 1. The van der Waals surface area contributed by atoms with Gasteiger partial charge in [-0.25, -0.2) is 0 Å². The molecule has 7 nitrogen and oxygen atoms in total. The minimum atomic E-state index is 0. The number of rotatable bonds is 11. The summed E-state index contributed by atoms with van der Waals surface area (Å²) in [7, 11) is 1.79. The highest BCUT2D eigenvalue weighted by atomic mass is 127. The van der Waals surface area contributed by atoms with Crippen molar-refractivity contribution in [2.75, 3.05) is 33.4 Å². The molecule has 2 N–H and O–H groups in total. The Labute approximate surface area is 191 Å². The van der Waals surface area contributed by atoms with Gasteiger partial charge >= 0.3 is 0 Å². The second kappa shape index (κ2) is 14.1. The van der Waals surface area contributed by atoms with Crippen LogP contribution in [0.4, 0.5) is 0 Å². The Bertz CT molecular complexity index is 722. The van der Waals surface area contributed by atoms with Gasteiger partial charge in [-0.15, -0.1) is 24.0 Å². The molecule has 2 aromatic rings. The molecular weight excluding hydrogens is 481 g/mol.